The molecule has 0 aliphatic carbocycles. The van der Waals surface area contributed by atoms with Crippen LogP contribution in [0.15, 0.2) is 42.7 Å². The smallest absolute Gasteiger partial charge is 0.231 e. The van der Waals surface area contributed by atoms with Gasteiger partial charge in [0.25, 0.3) is 0 Å². The fourth-order valence-corrected chi connectivity index (χ4v) is 5.66. The molecule has 3 aliphatic heterocycles. The Hall–Kier alpha value is -4.01. The van der Waals surface area contributed by atoms with Gasteiger partial charge in [-0.2, -0.15) is 4.57 Å². The molecule has 0 bridgehead atoms. The fraction of sp³-hybridized carbons (Fsp3) is 0.393. The maximum atomic E-state index is 10.4. The van der Waals surface area contributed by atoms with E-state index in [0.29, 0.717) is 17.2 Å². The molecular formula is C28H29N4O9+. The average molecular weight is 566 g/mol. The SMILES string of the molecule is COc1ccc2cc3[n+](cc2c1OCc1cn([C@@H]2O[C@H](CO)[C@@H](O)[C@H](O)[C@H]2O)nn1)CCc1cc2c(cc1-3)OCO2. The molecule has 13 nitrogen and oxygen atoms in total. The van der Waals surface area contributed by atoms with Gasteiger partial charge in [-0.15, -0.1) is 5.10 Å². The van der Waals surface area contributed by atoms with E-state index in [4.69, 9.17) is 23.7 Å². The largest absolute Gasteiger partial charge is 0.493 e. The zero-order valence-electron chi connectivity index (χ0n) is 22.1. The standard InChI is InChI=1S/C28H29N4O9/c1-37-20-3-2-14-6-19-17-8-22-21(39-13-40-22)7-15(17)4-5-31(19)10-18(14)27(20)38-12-16-9-32(30-29-16)28-26(36)25(35)24(34)23(11-33)41-28/h2-3,6-10,23-26,28,33-36H,4-5,11-13H2,1H3/q+1/t23-,24-,25+,26-,28-/m1/s1. The van der Waals surface area contributed by atoms with Gasteiger partial charge in [0.2, 0.25) is 12.5 Å². The number of ether oxygens (including phenoxy) is 5. The molecule has 214 valence electrons. The molecule has 7 rings (SSSR count). The molecule has 0 saturated carbocycles. The number of rotatable bonds is 6. The van der Waals surface area contributed by atoms with Crippen molar-refractivity contribution in [2.45, 2.75) is 50.2 Å². The summed E-state index contributed by atoms with van der Waals surface area (Å²) >= 11 is 0. The molecular weight excluding hydrogens is 536 g/mol. The highest BCUT2D eigenvalue weighted by Gasteiger charge is 2.44. The highest BCUT2D eigenvalue weighted by molar-refractivity contribution is 5.91. The lowest BCUT2D eigenvalue weighted by molar-refractivity contribution is -0.686. The first-order valence-corrected chi connectivity index (χ1v) is 13.3. The first kappa shape index (κ1) is 25.9. The second-order valence-electron chi connectivity index (χ2n) is 10.3. The van der Waals surface area contributed by atoms with Crippen LogP contribution in [-0.4, -0.2) is 80.3 Å². The number of pyridine rings is 1. The third kappa shape index (κ3) is 4.33. The van der Waals surface area contributed by atoms with E-state index in [1.807, 2.05) is 18.2 Å². The number of benzene rings is 2. The lowest BCUT2D eigenvalue weighted by atomic mass is 9.95. The normalized spacial score (nSPS) is 24.7. The summed E-state index contributed by atoms with van der Waals surface area (Å²) in [7, 11) is 1.58. The van der Waals surface area contributed by atoms with Crippen LogP contribution in [0.1, 0.15) is 17.5 Å². The Bertz CT molecular complexity index is 1620. The van der Waals surface area contributed by atoms with Crippen molar-refractivity contribution in [3.05, 3.63) is 54.0 Å². The molecule has 4 N–H and O–H groups in total. The van der Waals surface area contributed by atoms with E-state index in [1.165, 1.54) is 16.4 Å². The van der Waals surface area contributed by atoms with Crippen molar-refractivity contribution in [2.24, 2.45) is 0 Å². The molecule has 0 spiro atoms. The second kappa shape index (κ2) is 10.1. The number of hydrogen-bond acceptors (Lipinski definition) is 11. The Balaban J connectivity index is 1.17. The summed E-state index contributed by atoms with van der Waals surface area (Å²) < 4.78 is 32.0. The van der Waals surface area contributed by atoms with Crippen LogP contribution in [0.3, 0.4) is 0 Å². The van der Waals surface area contributed by atoms with Crippen LogP contribution in [0.5, 0.6) is 23.0 Å². The Labute approximate surface area is 233 Å². The monoisotopic (exact) mass is 565 g/mol. The Kier molecular flexibility index (Phi) is 6.40. The first-order chi connectivity index (χ1) is 19.9. The number of aliphatic hydroxyl groups excluding tert-OH is 4. The number of nitrogens with zero attached hydrogens (tertiary/aromatic N) is 4. The zero-order valence-corrected chi connectivity index (χ0v) is 22.1. The predicted octanol–water partition coefficient (Wildman–Crippen LogP) is 0.231. The van der Waals surface area contributed by atoms with Gasteiger partial charge in [-0.25, -0.2) is 4.68 Å². The predicted molar refractivity (Wildman–Crippen MR) is 139 cm³/mol. The summed E-state index contributed by atoms with van der Waals surface area (Å²) in [5.74, 6) is 2.62. The maximum Gasteiger partial charge on any atom is 0.231 e. The van der Waals surface area contributed by atoms with Crippen LogP contribution in [0.2, 0.25) is 0 Å². The third-order valence-corrected chi connectivity index (χ3v) is 7.85. The van der Waals surface area contributed by atoms with Gasteiger partial charge in [0.05, 0.1) is 30.9 Å². The second-order valence-corrected chi connectivity index (χ2v) is 10.3. The van der Waals surface area contributed by atoms with Gasteiger partial charge < -0.3 is 44.1 Å². The Morgan fingerprint density at radius 2 is 1.90 bits per heavy atom. The minimum Gasteiger partial charge on any atom is -0.493 e. The molecule has 3 aliphatic rings. The molecule has 41 heavy (non-hydrogen) atoms. The topological polar surface area (TPSA) is 162 Å². The number of fused-ring (bicyclic) bond motifs is 5. The number of aryl methyl sites for hydroxylation is 2. The Morgan fingerprint density at radius 3 is 2.71 bits per heavy atom. The summed E-state index contributed by atoms with van der Waals surface area (Å²) in [6, 6.07) is 10.1. The molecule has 0 amide bonds. The molecule has 1 saturated heterocycles. The first-order valence-electron chi connectivity index (χ1n) is 13.3. The van der Waals surface area contributed by atoms with E-state index < -0.39 is 37.3 Å². The van der Waals surface area contributed by atoms with E-state index in [0.717, 1.165) is 46.5 Å². The van der Waals surface area contributed by atoms with Crippen LogP contribution in [0.4, 0.5) is 0 Å². The van der Waals surface area contributed by atoms with E-state index >= 15 is 0 Å². The summed E-state index contributed by atoms with van der Waals surface area (Å²) in [6.45, 7) is 0.500. The van der Waals surface area contributed by atoms with Gasteiger partial charge in [-0.3, -0.25) is 0 Å². The molecule has 4 aromatic rings. The van der Waals surface area contributed by atoms with Crippen molar-refractivity contribution >= 4 is 10.8 Å². The van der Waals surface area contributed by atoms with Crippen LogP contribution in [-0.2, 0) is 24.3 Å². The van der Waals surface area contributed by atoms with E-state index in [9.17, 15) is 20.4 Å². The third-order valence-electron chi connectivity index (χ3n) is 7.85. The van der Waals surface area contributed by atoms with Gasteiger partial charge in [-0.1, -0.05) is 5.21 Å². The van der Waals surface area contributed by atoms with Crippen LogP contribution in [0.25, 0.3) is 22.0 Å². The van der Waals surface area contributed by atoms with Gasteiger partial charge in [0.1, 0.15) is 36.7 Å². The number of aromatic nitrogens is 4. The maximum absolute atomic E-state index is 10.4. The molecule has 1 fully saturated rings. The summed E-state index contributed by atoms with van der Waals surface area (Å²) in [5, 5.41) is 50.0. The van der Waals surface area contributed by atoms with Crippen LogP contribution in [0, 0.1) is 0 Å². The van der Waals surface area contributed by atoms with E-state index in [2.05, 4.69) is 33.2 Å². The molecule has 13 heteroatoms. The zero-order chi connectivity index (χ0) is 28.2. The van der Waals surface area contributed by atoms with Crippen molar-refractivity contribution in [2.75, 3.05) is 20.5 Å². The molecule has 5 heterocycles. The lowest BCUT2D eigenvalue weighted by Gasteiger charge is -2.39. The highest BCUT2D eigenvalue weighted by atomic mass is 16.7. The average Bonchev–Trinajstić information content (AvgIpc) is 3.66. The minimum atomic E-state index is -1.52. The molecule has 0 radical (unpaired) electrons. The quantitative estimate of drug-likeness (QED) is 0.237. The highest BCUT2D eigenvalue weighted by Crippen LogP contribution is 2.42. The van der Waals surface area contributed by atoms with Crippen LogP contribution >= 0.6 is 0 Å². The minimum absolute atomic E-state index is 0.0287. The van der Waals surface area contributed by atoms with E-state index in [-0.39, 0.29) is 13.4 Å². The van der Waals surface area contributed by atoms with Gasteiger partial charge in [-0.05, 0) is 35.2 Å². The summed E-state index contributed by atoms with van der Waals surface area (Å²) in [5.41, 5.74) is 3.80. The van der Waals surface area contributed by atoms with Crippen molar-refractivity contribution in [1.29, 1.82) is 0 Å². The van der Waals surface area contributed by atoms with Crippen molar-refractivity contribution < 1.29 is 48.7 Å². The van der Waals surface area contributed by atoms with E-state index in [1.54, 1.807) is 7.11 Å². The number of hydrogen-bond donors (Lipinski definition) is 4. The molecule has 0 unspecified atom stereocenters. The Morgan fingerprint density at radius 1 is 1.07 bits per heavy atom. The lowest BCUT2D eigenvalue weighted by Crippen LogP contribution is -2.56. The molecule has 2 aromatic carbocycles. The van der Waals surface area contributed by atoms with Crippen molar-refractivity contribution in [3.63, 3.8) is 0 Å². The van der Waals surface area contributed by atoms with Gasteiger partial charge in [0, 0.05) is 12.5 Å². The molecule has 5 atom stereocenters. The summed E-state index contributed by atoms with van der Waals surface area (Å²) in [6.07, 6.45) is -2.25. The van der Waals surface area contributed by atoms with Crippen molar-refractivity contribution in [3.8, 4) is 34.3 Å². The fourth-order valence-electron chi connectivity index (χ4n) is 5.66. The number of aliphatic hydroxyl groups is 4. The van der Waals surface area contributed by atoms with Crippen LogP contribution < -0.4 is 23.5 Å². The van der Waals surface area contributed by atoms with Crippen molar-refractivity contribution in [1.82, 2.24) is 15.0 Å². The van der Waals surface area contributed by atoms with Gasteiger partial charge in [0.15, 0.2) is 42.0 Å². The number of methoxy groups -OCH3 is 1. The summed E-state index contributed by atoms with van der Waals surface area (Å²) in [4.78, 5) is 0. The van der Waals surface area contributed by atoms with Gasteiger partial charge >= 0.3 is 0 Å². The molecule has 2 aromatic heterocycles.